The lowest BCUT2D eigenvalue weighted by Gasteiger charge is -2.13. The quantitative estimate of drug-likeness (QED) is 0.460. The van der Waals surface area contributed by atoms with E-state index >= 15 is 0 Å². The number of aromatic nitrogens is 3. The Morgan fingerprint density at radius 3 is 2.58 bits per heavy atom. The number of fused-ring (bicyclic) bond motifs is 1. The van der Waals surface area contributed by atoms with Crippen LogP contribution in [0.15, 0.2) is 46.1 Å². The van der Waals surface area contributed by atoms with Gasteiger partial charge in [-0.2, -0.15) is 0 Å². The molecule has 2 aromatic heterocycles. The van der Waals surface area contributed by atoms with Crippen molar-refractivity contribution in [2.75, 3.05) is 0 Å². The summed E-state index contributed by atoms with van der Waals surface area (Å²) in [5.41, 5.74) is -0.861. The SMILES string of the molecule is O=C(N[C@H](C(=O)O)c1c[nH]c2ccccc12)c1cc(=O)[nH]c(=O)[nH]1. The first kappa shape index (κ1) is 15.3. The number of rotatable bonds is 4. The molecule has 24 heavy (non-hydrogen) atoms. The van der Waals surface area contributed by atoms with Gasteiger partial charge in [0.15, 0.2) is 6.04 Å². The zero-order valence-electron chi connectivity index (χ0n) is 12.1. The molecule has 3 aromatic rings. The van der Waals surface area contributed by atoms with E-state index in [2.05, 4.69) is 15.3 Å². The van der Waals surface area contributed by atoms with Crippen molar-refractivity contribution >= 4 is 22.8 Å². The van der Waals surface area contributed by atoms with Crippen LogP contribution >= 0.6 is 0 Å². The number of carboxylic acid groups (broad SMARTS) is 1. The van der Waals surface area contributed by atoms with Gasteiger partial charge >= 0.3 is 11.7 Å². The average Bonchev–Trinajstić information content (AvgIpc) is 2.95. The number of carbonyl (C=O) groups excluding carboxylic acids is 1. The second-order valence-electron chi connectivity index (χ2n) is 5.04. The maximum Gasteiger partial charge on any atom is 0.331 e. The van der Waals surface area contributed by atoms with Crippen molar-refractivity contribution in [3.8, 4) is 0 Å². The molecular weight excluding hydrogens is 316 g/mol. The number of benzene rings is 1. The van der Waals surface area contributed by atoms with E-state index in [1.54, 1.807) is 24.3 Å². The van der Waals surface area contributed by atoms with Crippen molar-refractivity contribution in [1.29, 1.82) is 0 Å². The molecule has 5 N–H and O–H groups in total. The molecule has 2 heterocycles. The molecule has 0 bridgehead atoms. The summed E-state index contributed by atoms with van der Waals surface area (Å²) < 4.78 is 0. The number of para-hydroxylation sites is 1. The van der Waals surface area contributed by atoms with E-state index in [-0.39, 0.29) is 5.69 Å². The predicted molar refractivity (Wildman–Crippen MR) is 83.8 cm³/mol. The molecule has 1 aromatic carbocycles. The summed E-state index contributed by atoms with van der Waals surface area (Å²) in [7, 11) is 0. The van der Waals surface area contributed by atoms with Crippen LogP contribution in [0.2, 0.25) is 0 Å². The van der Waals surface area contributed by atoms with Gasteiger partial charge in [-0.3, -0.25) is 14.6 Å². The summed E-state index contributed by atoms with van der Waals surface area (Å²) in [5.74, 6) is -2.16. The molecule has 0 radical (unpaired) electrons. The van der Waals surface area contributed by atoms with Crippen molar-refractivity contribution in [2.24, 2.45) is 0 Å². The van der Waals surface area contributed by atoms with Gasteiger partial charge in [-0.1, -0.05) is 18.2 Å². The predicted octanol–water partition coefficient (Wildman–Crippen LogP) is 0.100. The van der Waals surface area contributed by atoms with Crippen molar-refractivity contribution in [2.45, 2.75) is 6.04 Å². The lowest BCUT2D eigenvalue weighted by atomic mass is 10.1. The third kappa shape index (κ3) is 2.82. The van der Waals surface area contributed by atoms with E-state index in [9.17, 15) is 24.3 Å². The second kappa shape index (κ2) is 5.88. The molecule has 9 nitrogen and oxygen atoms in total. The summed E-state index contributed by atoms with van der Waals surface area (Å²) in [6.45, 7) is 0. The molecule has 0 spiro atoms. The molecule has 0 aliphatic heterocycles. The normalized spacial score (nSPS) is 12.0. The highest BCUT2D eigenvalue weighted by Crippen LogP contribution is 2.24. The molecule has 0 saturated carbocycles. The van der Waals surface area contributed by atoms with Crippen LogP contribution in [0.1, 0.15) is 22.1 Å². The fourth-order valence-corrected chi connectivity index (χ4v) is 2.41. The minimum atomic E-state index is -1.35. The summed E-state index contributed by atoms with van der Waals surface area (Å²) in [4.78, 5) is 53.3. The fourth-order valence-electron chi connectivity index (χ4n) is 2.41. The van der Waals surface area contributed by atoms with Crippen LogP contribution in [0.25, 0.3) is 10.9 Å². The lowest BCUT2D eigenvalue weighted by Crippen LogP contribution is -2.36. The van der Waals surface area contributed by atoms with Crippen LogP contribution in [-0.4, -0.2) is 31.9 Å². The summed E-state index contributed by atoms with van der Waals surface area (Å²) >= 11 is 0. The number of amides is 1. The van der Waals surface area contributed by atoms with Gasteiger partial charge in [0.2, 0.25) is 0 Å². The average molecular weight is 328 g/mol. The van der Waals surface area contributed by atoms with Gasteiger partial charge in [-0.15, -0.1) is 0 Å². The third-order valence-electron chi connectivity index (χ3n) is 3.46. The smallest absolute Gasteiger partial charge is 0.331 e. The Morgan fingerprint density at radius 2 is 1.88 bits per heavy atom. The third-order valence-corrected chi connectivity index (χ3v) is 3.46. The van der Waals surface area contributed by atoms with Gasteiger partial charge < -0.3 is 20.4 Å². The Morgan fingerprint density at radius 1 is 1.12 bits per heavy atom. The topological polar surface area (TPSA) is 148 Å². The number of hydrogen-bond acceptors (Lipinski definition) is 4. The monoisotopic (exact) mass is 328 g/mol. The Labute approximate surface area is 133 Å². The maximum atomic E-state index is 12.2. The number of H-pyrrole nitrogens is 3. The summed E-state index contributed by atoms with van der Waals surface area (Å²) in [5, 5.41) is 12.4. The molecule has 0 unspecified atom stereocenters. The van der Waals surface area contributed by atoms with E-state index in [1.165, 1.54) is 6.20 Å². The van der Waals surface area contributed by atoms with Gasteiger partial charge in [0, 0.05) is 28.7 Å². The van der Waals surface area contributed by atoms with Crippen LogP contribution in [0, 0.1) is 0 Å². The molecule has 0 saturated heterocycles. The van der Waals surface area contributed by atoms with Gasteiger partial charge in [0.05, 0.1) is 0 Å². The Hall–Kier alpha value is -3.62. The summed E-state index contributed by atoms with van der Waals surface area (Å²) in [6, 6.07) is 6.56. The molecule has 3 rings (SSSR count). The molecule has 1 amide bonds. The Balaban J connectivity index is 1.98. The molecule has 1 atom stereocenters. The van der Waals surface area contributed by atoms with E-state index in [0.29, 0.717) is 10.9 Å². The largest absolute Gasteiger partial charge is 0.479 e. The number of aliphatic carboxylic acids is 1. The maximum absolute atomic E-state index is 12.2. The Kier molecular flexibility index (Phi) is 3.74. The van der Waals surface area contributed by atoms with E-state index < -0.39 is 29.2 Å². The fraction of sp³-hybridized carbons (Fsp3) is 0.0667. The number of hydrogen-bond donors (Lipinski definition) is 5. The Bertz CT molecular complexity index is 1020. The number of aromatic amines is 3. The minimum Gasteiger partial charge on any atom is -0.479 e. The molecule has 0 aliphatic carbocycles. The first-order valence-electron chi connectivity index (χ1n) is 6.89. The molecule has 9 heteroatoms. The minimum absolute atomic E-state index is 0.324. The van der Waals surface area contributed by atoms with Crippen molar-refractivity contribution in [3.05, 3.63) is 68.6 Å². The molecule has 122 valence electrons. The van der Waals surface area contributed by atoms with Crippen LogP contribution in [0.5, 0.6) is 0 Å². The molecular formula is C15H12N4O5. The van der Waals surface area contributed by atoms with Gasteiger partial charge in [-0.05, 0) is 6.07 Å². The highest BCUT2D eigenvalue weighted by atomic mass is 16.4. The second-order valence-corrected chi connectivity index (χ2v) is 5.04. The lowest BCUT2D eigenvalue weighted by molar-refractivity contribution is -0.139. The van der Waals surface area contributed by atoms with Crippen LogP contribution < -0.4 is 16.6 Å². The number of nitrogens with one attached hydrogen (secondary N) is 4. The van der Waals surface area contributed by atoms with E-state index in [4.69, 9.17) is 0 Å². The van der Waals surface area contributed by atoms with Crippen molar-refractivity contribution < 1.29 is 14.7 Å². The van der Waals surface area contributed by atoms with Crippen LogP contribution in [0.3, 0.4) is 0 Å². The van der Waals surface area contributed by atoms with Gasteiger partial charge in [0.25, 0.3) is 11.5 Å². The first-order valence-corrected chi connectivity index (χ1v) is 6.89. The molecule has 0 fully saturated rings. The zero-order valence-corrected chi connectivity index (χ0v) is 12.1. The highest BCUT2D eigenvalue weighted by Gasteiger charge is 2.25. The van der Waals surface area contributed by atoms with E-state index in [0.717, 1.165) is 11.6 Å². The van der Waals surface area contributed by atoms with Crippen LogP contribution in [-0.2, 0) is 4.79 Å². The van der Waals surface area contributed by atoms with Crippen molar-refractivity contribution in [3.63, 3.8) is 0 Å². The number of carbonyl (C=O) groups is 2. The molecule has 0 aliphatic rings. The zero-order chi connectivity index (χ0) is 17.3. The first-order chi connectivity index (χ1) is 11.5. The van der Waals surface area contributed by atoms with Crippen LogP contribution in [0.4, 0.5) is 0 Å². The number of carboxylic acids is 1. The van der Waals surface area contributed by atoms with E-state index in [1.807, 2.05) is 4.98 Å². The van der Waals surface area contributed by atoms with Gasteiger partial charge in [-0.25, -0.2) is 9.59 Å². The highest BCUT2D eigenvalue weighted by molar-refractivity contribution is 5.97. The van der Waals surface area contributed by atoms with Crippen molar-refractivity contribution in [1.82, 2.24) is 20.3 Å². The summed E-state index contributed by atoms with van der Waals surface area (Å²) in [6.07, 6.45) is 1.49. The van der Waals surface area contributed by atoms with Gasteiger partial charge in [0.1, 0.15) is 5.69 Å². The standard InChI is InChI=1S/C15H12N4O5/c20-11-5-10(17-15(24)18-11)13(21)19-12(14(22)23)8-6-16-9-4-2-1-3-7(8)9/h1-6,12,16H,(H,19,21)(H,22,23)(H2,17,18,20,24)/t12-/m0/s1.